The second kappa shape index (κ2) is 7.74. The quantitative estimate of drug-likeness (QED) is 0.742. The first kappa shape index (κ1) is 13.8. The molecule has 0 aromatic heterocycles. The molecule has 0 spiro atoms. The molecule has 0 unspecified atom stereocenters. The Kier molecular flexibility index (Phi) is 5.63. The van der Waals surface area contributed by atoms with E-state index in [1.807, 2.05) is 60.3 Å². The lowest BCUT2D eigenvalue weighted by Gasteiger charge is -2.12. The molecule has 2 aromatic carbocycles. The fraction of sp³-hybridized carbons (Fsp3) is 0.250. The van der Waals surface area contributed by atoms with E-state index in [2.05, 4.69) is 18.3 Å². The van der Waals surface area contributed by atoms with Crippen molar-refractivity contribution in [3.05, 3.63) is 54.6 Å². The fourth-order valence-corrected chi connectivity index (χ4v) is 2.25. The van der Waals surface area contributed by atoms with Crippen molar-refractivity contribution in [2.45, 2.75) is 6.92 Å². The third-order valence-electron chi connectivity index (χ3n) is 2.62. The minimum Gasteiger partial charge on any atom is -0.455 e. The molecule has 1 N–H and O–H groups in total. The Balaban J connectivity index is 2.00. The Labute approximate surface area is 119 Å². The highest BCUT2D eigenvalue weighted by Gasteiger charge is 2.03. The van der Waals surface area contributed by atoms with Crippen LogP contribution in [0.25, 0.3) is 0 Å². The molecular formula is C16H19NOS. The summed E-state index contributed by atoms with van der Waals surface area (Å²) in [6.07, 6.45) is 0. The van der Waals surface area contributed by atoms with Crippen LogP contribution in [0, 0.1) is 0 Å². The van der Waals surface area contributed by atoms with E-state index in [1.165, 1.54) is 0 Å². The number of rotatable bonds is 7. The van der Waals surface area contributed by atoms with Crippen LogP contribution < -0.4 is 10.1 Å². The van der Waals surface area contributed by atoms with Crippen molar-refractivity contribution in [3.8, 4) is 11.5 Å². The van der Waals surface area contributed by atoms with Crippen LogP contribution in [0.5, 0.6) is 11.5 Å². The van der Waals surface area contributed by atoms with Gasteiger partial charge >= 0.3 is 0 Å². The molecule has 2 nitrogen and oxygen atoms in total. The molecule has 19 heavy (non-hydrogen) atoms. The first-order valence-electron chi connectivity index (χ1n) is 6.53. The molecule has 0 saturated carbocycles. The second-order valence-corrected chi connectivity index (χ2v) is 5.43. The average Bonchev–Trinajstić information content (AvgIpc) is 2.46. The van der Waals surface area contributed by atoms with Crippen molar-refractivity contribution in [3.63, 3.8) is 0 Å². The average molecular weight is 273 g/mol. The van der Waals surface area contributed by atoms with Crippen LogP contribution in [0.3, 0.4) is 0 Å². The SMILES string of the molecule is CCSCCNc1ccccc1Oc1ccccc1. The Hall–Kier alpha value is -1.61. The van der Waals surface area contributed by atoms with Crippen LogP contribution in [-0.2, 0) is 0 Å². The van der Waals surface area contributed by atoms with Crippen LogP contribution in [-0.4, -0.2) is 18.1 Å². The highest BCUT2D eigenvalue weighted by molar-refractivity contribution is 7.99. The maximum absolute atomic E-state index is 5.90. The zero-order chi connectivity index (χ0) is 13.3. The Bertz CT molecular complexity index is 487. The van der Waals surface area contributed by atoms with Gasteiger partial charge in [-0.05, 0) is 30.0 Å². The largest absolute Gasteiger partial charge is 0.455 e. The van der Waals surface area contributed by atoms with Crippen molar-refractivity contribution >= 4 is 17.4 Å². The molecule has 0 amide bonds. The molecule has 0 radical (unpaired) electrons. The van der Waals surface area contributed by atoms with Crippen molar-refractivity contribution in [1.29, 1.82) is 0 Å². The van der Waals surface area contributed by atoms with Gasteiger partial charge < -0.3 is 10.1 Å². The van der Waals surface area contributed by atoms with E-state index in [4.69, 9.17) is 4.74 Å². The zero-order valence-corrected chi connectivity index (χ0v) is 12.0. The standard InChI is InChI=1S/C16H19NOS/c1-2-19-13-12-17-15-10-6-7-11-16(15)18-14-8-4-3-5-9-14/h3-11,17H,2,12-13H2,1H3. The molecule has 0 aliphatic heterocycles. The van der Waals surface area contributed by atoms with Crippen LogP contribution in [0.4, 0.5) is 5.69 Å². The van der Waals surface area contributed by atoms with E-state index in [1.54, 1.807) is 0 Å². The summed E-state index contributed by atoms with van der Waals surface area (Å²) in [6.45, 7) is 3.13. The molecule has 0 bridgehead atoms. The molecule has 2 rings (SSSR count). The van der Waals surface area contributed by atoms with Gasteiger partial charge in [0.1, 0.15) is 5.75 Å². The predicted octanol–water partition coefficient (Wildman–Crippen LogP) is 4.64. The van der Waals surface area contributed by atoms with Crippen LogP contribution in [0.2, 0.25) is 0 Å². The Morgan fingerprint density at radius 3 is 2.53 bits per heavy atom. The number of benzene rings is 2. The lowest BCUT2D eigenvalue weighted by molar-refractivity contribution is 0.484. The normalized spacial score (nSPS) is 10.2. The third kappa shape index (κ3) is 4.52. The van der Waals surface area contributed by atoms with Gasteiger partial charge in [0.05, 0.1) is 5.69 Å². The summed E-state index contributed by atoms with van der Waals surface area (Å²) in [5.74, 6) is 4.00. The highest BCUT2D eigenvalue weighted by Crippen LogP contribution is 2.28. The highest BCUT2D eigenvalue weighted by atomic mass is 32.2. The summed E-state index contributed by atoms with van der Waals surface area (Å²) < 4.78 is 5.90. The molecule has 0 saturated heterocycles. The molecule has 3 heteroatoms. The fourth-order valence-electron chi connectivity index (χ4n) is 1.72. The molecular weight excluding hydrogens is 254 g/mol. The monoisotopic (exact) mass is 273 g/mol. The second-order valence-electron chi connectivity index (χ2n) is 4.03. The van der Waals surface area contributed by atoms with E-state index in [0.29, 0.717) is 0 Å². The van der Waals surface area contributed by atoms with Gasteiger partial charge in [-0.1, -0.05) is 37.3 Å². The maximum Gasteiger partial charge on any atom is 0.150 e. The van der Waals surface area contributed by atoms with Gasteiger partial charge in [0, 0.05) is 12.3 Å². The summed E-state index contributed by atoms with van der Waals surface area (Å²) in [5.41, 5.74) is 1.04. The van der Waals surface area contributed by atoms with E-state index in [-0.39, 0.29) is 0 Å². The number of thioether (sulfide) groups is 1. The summed E-state index contributed by atoms with van der Waals surface area (Å²) >= 11 is 1.93. The zero-order valence-electron chi connectivity index (χ0n) is 11.1. The number of anilines is 1. The van der Waals surface area contributed by atoms with E-state index < -0.39 is 0 Å². The maximum atomic E-state index is 5.90. The smallest absolute Gasteiger partial charge is 0.150 e. The number of para-hydroxylation sites is 3. The predicted molar refractivity (Wildman–Crippen MR) is 84.4 cm³/mol. The van der Waals surface area contributed by atoms with Gasteiger partial charge in [0.15, 0.2) is 5.75 Å². The van der Waals surface area contributed by atoms with Crippen molar-refractivity contribution in [2.24, 2.45) is 0 Å². The summed E-state index contributed by atoms with van der Waals surface area (Å²) in [6, 6.07) is 17.9. The molecule has 100 valence electrons. The number of nitrogens with one attached hydrogen (secondary N) is 1. The van der Waals surface area contributed by atoms with Crippen molar-refractivity contribution in [2.75, 3.05) is 23.4 Å². The van der Waals surface area contributed by atoms with Gasteiger partial charge in [0.2, 0.25) is 0 Å². The van der Waals surface area contributed by atoms with Gasteiger partial charge in [0.25, 0.3) is 0 Å². The Morgan fingerprint density at radius 1 is 1.00 bits per heavy atom. The molecule has 0 fully saturated rings. The first-order chi connectivity index (χ1) is 9.40. The van der Waals surface area contributed by atoms with Crippen molar-refractivity contribution in [1.82, 2.24) is 0 Å². The first-order valence-corrected chi connectivity index (χ1v) is 7.69. The minimum atomic E-state index is 0.861. The van der Waals surface area contributed by atoms with Gasteiger partial charge in [-0.15, -0.1) is 0 Å². The summed E-state index contributed by atoms with van der Waals surface area (Å²) in [4.78, 5) is 0. The van der Waals surface area contributed by atoms with E-state index >= 15 is 0 Å². The topological polar surface area (TPSA) is 21.3 Å². The van der Waals surface area contributed by atoms with Crippen LogP contribution in [0.1, 0.15) is 6.92 Å². The van der Waals surface area contributed by atoms with E-state index in [0.717, 1.165) is 35.2 Å². The molecule has 2 aromatic rings. The van der Waals surface area contributed by atoms with Crippen molar-refractivity contribution < 1.29 is 4.74 Å². The minimum absolute atomic E-state index is 0.861. The van der Waals surface area contributed by atoms with Gasteiger partial charge in [-0.3, -0.25) is 0 Å². The van der Waals surface area contributed by atoms with Crippen LogP contribution >= 0.6 is 11.8 Å². The number of hydrogen-bond donors (Lipinski definition) is 1. The Morgan fingerprint density at radius 2 is 1.74 bits per heavy atom. The lowest BCUT2D eigenvalue weighted by atomic mass is 10.3. The summed E-state index contributed by atoms with van der Waals surface area (Å²) in [7, 11) is 0. The number of hydrogen-bond acceptors (Lipinski definition) is 3. The molecule has 0 atom stereocenters. The van der Waals surface area contributed by atoms with Gasteiger partial charge in [-0.25, -0.2) is 0 Å². The van der Waals surface area contributed by atoms with Gasteiger partial charge in [-0.2, -0.15) is 11.8 Å². The lowest BCUT2D eigenvalue weighted by Crippen LogP contribution is -2.05. The molecule has 0 heterocycles. The van der Waals surface area contributed by atoms with Crippen LogP contribution in [0.15, 0.2) is 54.6 Å². The third-order valence-corrected chi connectivity index (χ3v) is 3.53. The number of ether oxygens (including phenoxy) is 1. The molecule has 0 aliphatic rings. The molecule has 0 aliphatic carbocycles. The summed E-state index contributed by atoms with van der Waals surface area (Å²) in [5, 5.41) is 3.42. The van der Waals surface area contributed by atoms with E-state index in [9.17, 15) is 0 Å².